The number of thioether (sulfide) groups is 1. The van der Waals surface area contributed by atoms with Crippen LogP contribution in [0.3, 0.4) is 0 Å². The summed E-state index contributed by atoms with van der Waals surface area (Å²) in [4.78, 5) is 4.80. The summed E-state index contributed by atoms with van der Waals surface area (Å²) in [5, 5.41) is 29.4. The molecule has 2 N–H and O–H groups in total. The molecule has 32 heavy (non-hydrogen) atoms. The van der Waals surface area contributed by atoms with Crippen molar-refractivity contribution in [3.63, 3.8) is 0 Å². The Morgan fingerprint density at radius 1 is 1.28 bits per heavy atom. The van der Waals surface area contributed by atoms with Crippen LogP contribution in [-0.2, 0) is 9.47 Å². The second kappa shape index (κ2) is 10.0. The zero-order chi connectivity index (χ0) is 22.8. The number of pyridine rings is 1. The number of rotatable bonds is 6. The van der Waals surface area contributed by atoms with Crippen molar-refractivity contribution in [3.8, 4) is 11.3 Å². The molecule has 1 saturated heterocycles. The molecule has 0 aliphatic carbocycles. The Morgan fingerprint density at radius 3 is 2.78 bits per heavy atom. The van der Waals surface area contributed by atoms with E-state index in [1.807, 2.05) is 0 Å². The lowest BCUT2D eigenvalue weighted by Gasteiger charge is -2.43. The molecule has 0 amide bonds. The van der Waals surface area contributed by atoms with E-state index in [1.165, 1.54) is 41.9 Å². The average molecular weight is 501 g/mol. The lowest BCUT2D eigenvalue weighted by Crippen LogP contribution is -2.55. The van der Waals surface area contributed by atoms with Gasteiger partial charge >= 0.3 is 0 Å². The number of halogens is 3. The van der Waals surface area contributed by atoms with Crippen molar-refractivity contribution in [1.29, 1.82) is 0 Å². The summed E-state index contributed by atoms with van der Waals surface area (Å²) in [5.41, 5.74) is 0.243. The third-order valence-corrected chi connectivity index (χ3v) is 6.68. The maximum atomic E-state index is 13.9. The number of aliphatic hydroxyl groups is 2. The first-order valence-electron chi connectivity index (χ1n) is 9.53. The molecule has 1 aromatic carbocycles. The van der Waals surface area contributed by atoms with Crippen LogP contribution in [0.2, 0.25) is 10.0 Å². The number of aliphatic hydroxyl groups excluding tert-OH is 2. The molecule has 170 valence electrons. The Hall–Kier alpha value is -1.79. The van der Waals surface area contributed by atoms with E-state index in [0.717, 1.165) is 4.90 Å². The van der Waals surface area contributed by atoms with E-state index in [4.69, 9.17) is 32.7 Å². The van der Waals surface area contributed by atoms with Crippen molar-refractivity contribution in [2.45, 2.75) is 34.7 Å². The van der Waals surface area contributed by atoms with E-state index >= 15 is 0 Å². The molecule has 3 heterocycles. The van der Waals surface area contributed by atoms with Gasteiger partial charge in [0.25, 0.3) is 0 Å². The van der Waals surface area contributed by atoms with Gasteiger partial charge in [0.15, 0.2) is 0 Å². The molecule has 2 aromatic heterocycles. The van der Waals surface area contributed by atoms with Crippen LogP contribution in [0.4, 0.5) is 4.39 Å². The summed E-state index contributed by atoms with van der Waals surface area (Å²) in [6, 6.07) is 5.29. The lowest BCUT2D eigenvalue weighted by molar-refractivity contribution is -0.186. The molecule has 1 aliphatic rings. The van der Waals surface area contributed by atoms with Crippen LogP contribution in [0.25, 0.3) is 11.3 Å². The zero-order valence-electron chi connectivity index (χ0n) is 16.7. The van der Waals surface area contributed by atoms with Crippen LogP contribution in [0.1, 0.15) is 6.04 Å². The maximum absolute atomic E-state index is 13.9. The molecule has 12 heteroatoms. The summed E-state index contributed by atoms with van der Waals surface area (Å²) in [5.74, 6) is -0.577. The van der Waals surface area contributed by atoms with Gasteiger partial charge in [-0.3, -0.25) is 4.98 Å². The third kappa shape index (κ3) is 4.76. The number of ether oxygens (including phenoxy) is 2. The Kier molecular flexibility index (Phi) is 7.30. The quantitative estimate of drug-likeness (QED) is 0.531. The highest BCUT2D eigenvalue weighted by Crippen LogP contribution is 2.39. The summed E-state index contributed by atoms with van der Waals surface area (Å²) >= 11 is 13.1. The van der Waals surface area contributed by atoms with Crippen LogP contribution < -0.4 is 0 Å². The molecule has 1 aliphatic heterocycles. The van der Waals surface area contributed by atoms with Gasteiger partial charge in [0, 0.05) is 30.0 Å². The third-order valence-electron chi connectivity index (χ3n) is 5.06. The van der Waals surface area contributed by atoms with E-state index in [-0.39, 0.29) is 5.02 Å². The summed E-state index contributed by atoms with van der Waals surface area (Å²) in [7, 11) is 1.49. The highest BCUT2D eigenvalue weighted by atomic mass is 35.5. The van der Waals surface area contributed by atoms with Crippen LogP contribution in [0.5, 0.6) is 0 Å². The van der Waals surface area contributed by atoms with Gasteiger partial charge < -0.3 is 19.7 Å². The van der Waals surface area contributed by atoms with Gasteiger partial charge in [0.1, 0.15) is 41.3 Å². The van der Waals surface area contributed by atoms with E-state index in [0.29, 0.717) is 16.3 Å². The van der Waals surface area contributed by atoms with Crippen molar-refractivity contribution < 1.29 is 24.1 Å². The van der Waals surface area contributed by atoms with Gasteiger partial charge in [-0.2, -0.15) is 0 Å². The second-order valence-electron chi connectivity index (χ2n) is 7.08. The molecule has 0 saturated carbocycles. The number of nitrogens with zero attached hydrogens (tertiary/aromatic N) is 4. The fraction of sp³-hybridized carbons (Fsp3) is 0.350. The van der Waals surface area contributed by atoms with Gasteiger partial charge in [-0.15, -0.1) is 5.10 Å². The van der Waals surface area contributed by atoms with Gasteiger partial charge in [0.05, 0.1) is 22.8 Å². The number of methoxy groups -OCH3 is 1. The molecule has 0 radical (unpaired) electrons. The first kappa shape index (κ1) is 23.4. The first-order chi connectivity index (χ1) is 15.4. The van der Waals surface area contributed by atoms with Crippen molar-refractivity contribution >= 4 is 35.0 Å². The fourth-order valence-electron chi connectivity index (χ4n) is 3.51. The van der Waals surface area contributed by atoms with Gasteiger partial charge in [-0.05, 0) is 18.2 Å². The lowest BCUT2D eigenvalue weighted by atomic mass is 9.97. The van der Waals surface area contributed by atoms with Crippen LogP contribution >= 0.6 is 35.0 Å². The number of hydrogen-bond donors (Lipinski definition) is 2. The Bertz CT molecular complexity index is 1090. The molecule has 0 spiro atoms. The normalized spacial score (nSPS) is 25.8. The molecular weight excluding hydrogens is 482 g/mol. The topological polar surface area (TPSA) is 103 Å². The predicted molar refractivity (Wildman–Crippen MR) is 117 cm³/mol. The fourth-order valence-corrected chi connectivity index (χ4v) is 5.06. The standard InChI is InChI=1S/C20H19Cl2FN4O4S/c1-30-19-17(27-8-15(25-26-27)10-2-3-13(22)14(23)4-10)18(29)16(9-28)31-20(19)32-12-5-11(21)6-24-7-12/h2-8,16-20,28-29H,9H2,1H3/t16?,17-,18-,19?,20+/m0/s1. The molecule has 1 fully saturated rings. The smallest absolute Gasteiger partial charge is 0.142 e. The molecular formula is C20H19Cl2FN4O4S. The Labute approximate surface area is 197 Å². The monoisotopic (exact) mass is 500 g/mol. The first-order valence-corrected chi connectivity index (χ1v) is 11.2. The minimum Gasteiger partial charge on any atom is -0.394 e. The van der Waals surface area contributed by atoms with Crippen molar-refractivity contribution in [1.82, 2.24) is 20.0 Å². The van der Waals surface area contributed by atoms with Crippen molar-refractivity contribution in [2.24, 2.45) is 0 Å². The van der Waals surface area contributed by atoms with Crippen LogP contribution in [0.15, 0.2) is 47.8 Å². The molecule has 5 atom stereocenters. The number of aromatic nitrogens is 4. The molecule has 2 unspecified atom stereocenters. The molecule has 8 nitrogen and oxygen atoms in total. The molecule has 3 aromatic rings. The minimum absolute atomic E-state index is 0.00148. The van der Waals surface area contributed by atoms with E-state index in [1.54, 1.807) is 24.5 Å². The summed E-state index contributed by atoms with van der Waals surface area (Å²) in [6.45, 7) is -0.414. The van der Waals surface area contributed by atoms with Crippen LogP contribution in [-0.4, -0.2) is 67.7 Å². The average Bonchev–Trinajstić information content (AvgIpc) is 3.26. The molecule has 0 bridgehead atoms. The summed E-state index contributed by atoms with van der Waals surface area (Å²) < 4.78 is 26.9. The maximum Gasteiger partial charge on any atom is 0.142 e. The SMILES string of the molecule is COC1[C@@H](Sc2cncc(Cl)c2)OC(CO)[C@H](O)[C@@H]1n1cc(-c2ccc(Cl)c(F)c2)nn1. The predicted octanol–water partition coefficient (Wildman–Crippen LogP) is 3.21. The van der Waals surface area contributed by atoms with Crippen molar-refractivity contribution in [3.05, 3.63) is 58.7 Å². The number of benzene rings is 1. The van der Waals surface area contributed by atoms with Crippen molar-refractivity contribution in [2.75, 3.05) is 13.7 Å². The highest BCUT2D eigenvalue weighted by Gasteiger charge is 2.47. The Balaban J connectivity index is 1.66. The molecule has 4 rings (SSSR count). The Morgan fingerprint density at radius 2 is 2.09 bits per heavy atom. The van der Waals surface area contributed by atoms with E-state index in [2.05, 4.69) is 15.3 Å². The summed E-state index contributed by atoms with van der Waals surface area (Å²) in [6.07, 6.45) is 2.01. The van der Waals surface area contributed by atoms with E-state index in [9.17, 15) is 14.6 Å². The van der Waals surface area contributed by atoms with Crippen LogP contribution in [0, 0.1) is 5.82 Å². The number of hydrogen-bond acceptors (Lipinski definition) is 8. The van der Waals surface area contributed by atoms with Gasteiger partial charge in [0.2, 0.25) is 0 Å². The highest BCUT2D eigenvalue weighted by molar-refractivity contribution is 7.99. The largest absolute Gasteiger partial charge is 0.394 e. The zero-order valence-corrected chi connectivity index (χ0v) is 19.0. The second-order valence-corrected chi connectivity index (χ2v) is 9.09. The van der Waals surface area contributed by atoms with Gasteiger partial charge in [-0.1, -0.05) is 46.2 Å². The van der Waals surface area contributed by atoms with E-state index < -0.39 is 42.2 Å². The minimum atomic E-state index is -1.14. The van der Waals surface area contributed by atoms with Gasteiger partial charge in [-0.25, -0.2) is 9.07 Å².